The zero-order chi connectivity index (χ0) is 14.4. The summed E-state index contributed by atoms with van der Waals surface area (Å²) < 4.78 is 11.1. The van der Waals surface area contributed by atoms with Crippen LogP contribution in [0.1, 0.15) is 15.9 Å². The summed E-state index contributed by atoms with van der Waals surface area (Å²) in [5.41, 5.74) is 1.51. The van der Waals surface area contributed by atoms with Crippen LogP contribution in [0.25, 0.3) is 0 Å². The first-order chi connectivity index (χ1) is 9.70. The Labute approximate surface area is 123 Å². The van der Waals surface area contributed by atoms with Gasteiger partial charge < -0.3 is 9.47 Å². The van der Waals surface area contributed by atoms with Crippen molar-refractivity contribution in [3.05, 3.63) is 58.6 Å². The normalized spacial score (nSPS) is 10.1. The fraction of sp³-hybridized carbons (Fsp3) is 0.188. The van der Waals surface area contributed by atoms with E-state index in [0.717, 1.165) is 17.6 Å². The standard InChI is InChI=1S/C16H15ClO3/c1-12-10-14(6-7-15(12)17)19-8-9-20-16-5-3-2-4-13(16)11-18/h2-7,10-11H,8-9H2,1H3. The fourth-order valence-corrected chi connectivity index (χ4v) is 1.84. The Bertz CT molecular complexity index is 596. The summed E-state index contributed by atoms with van der Waals surface area (Å²) in [4.78, 5) is 10.8. The smallest absolute Gasteiger partial charge is 0.153 e. The van der Waals surface area contributed by atoms with Crippen molar-refractivity contribution in [1.29, 1.82) is 0 Å². The van der Waals surface area contributed by atoms with E-state index in [-0.39, 0.29) is 0 Å². The molecule has 0 unspecified atom stereocenters. The van der Waals surface area contributed by atoms with Gasteiger partial charge >= 0.3 is 0 Å². The molecule has 4 heteroatoms. The number of benzene rings is 2. The third kappa shape index (κ3) is 3.75. The number of carbonyl (C=O) groups is 1. The number of ether oxygens (including phenoxy) is 2. The summed E-state index contributed by atoms with van der Waals surface area (Å²) >= 11 is 5.94. The molecule has 0 heterocycles. The third-order valence-corrected chi connectivity index (χ3v) is 3.21. The van der Waals surface area contributed by atoms with Crippen LogP contribution in [0.3, 0.4) is 0 Å². The van der Waals surface area contributed by atoms with Gasteiger partial charge in [-0.25, -0.2) is 0 Å². The lowest BCUT2D eigenvalue weighted by molar-refractivity contribution is 0.111. The fourth-order valence-electron chi connectivity index (χ4n) is 1.73. The summed E-state index contributed by atoms with van der Waals surface area (Å²) in [6.07, 6.45) is 0.777. The van der Waals surface area contributed by atoms with Crippen LogP contribution in [0, 0.1) is 6.92 Å². The summed E-state index contributed by atoms with van der Waals surface area (Å²) in [7, 11) is 0. The molecule has 0 saturated carbocycles. The van der Waals surface area contributed by atoms with Crippen LogP contribution in [0.15, 0.2) is 42.5 Å². The molecule has 20 heavy (non-hydrogen) atoms. The topological polar surface area (TPSA) is 35.5 Å². The molecule has 2 aromatic rings. The van der Waals surface area contributed by atoms with Crippen molar-refractivity contribution in [3.63, 3.8) is 0 Å². The van der Waals surface area contributed by atoms with E-state index < -0.39 is 0 Å². The Morgan fingerprint density at radius 2 is 1.85 bits per heavy atom. The van der Waals surface area contributed by atoms with Gasteiger partial charge in [-0.2, -0.15) is 0 Å². The Morgan fingerprint density at radius 1 is 1.10 bits per heavy atom. The number of hydrogen-bond donors (Lipinski definition) is 0. The highest BCUT2D eigenvalue weighted by atomic mass is 35.5. The van der Waals surface area contributed by atoms with Crippen LogP contribution in [-0.2, 0) is 0 Å². The second kappa shape index (κ2) is 6.96. The monoisotopic (exact) mass is 290 g/mol. The molecule has 0 bridgehead atoms. The number of aryl methyl sites for hydroxylation is 1. The van der Waals surface area contributed by atoms with Gasteiger partial charge in [-0.1, -0.05) is 23.7 Å². The Hall–Kier alpha value is -2.00. The number of halogens is 1. The van der Waals surface area contributed by atoms with Crippen molar-refractivity contribution in [1.82, 2.24) is 0 Å². The lowest BCUT2D eigenvalue weighted by Gasteiger charge is -2.10. The SMILES string of the molecule is Cc1cc(OCCOc2ccccc2C=O)ccc1Cl. The molecule has 0 amide bonds. The van der Waals surface area contributed by atoms with Crippen LogP contribution in [0.2, 0.25) is 5.02 Å². The summed E-state index contributed by atoms with van der Waals surface area (Å²) in [6, 6.07) is 12.6. The minimum atomic E-state index is 0.368. The molecular formula is C16H15ClO3. The quantitative estimate of drug-likeness (QED) is 0.597. The minimum Gasteiger partial charge on any atom is -0.490 e. The van der Waals surface area contributed by atoms with Crippen LogP contribution in [0.5, 0.6) is 11.5 Å². The molecule has 3 nitrogen and oxygen atoms in total. The maximum atomic E-state index is 10.8. The molecule has 2 aromatic carbocycles. The van der Waals surface area contributed by atoms with Crippen LogP contribution < -0.4 is 9.47 Å². The molecule has 0 N–H and O–H groups in total. The molecule has 0 aliphatic carbocycles. The van der Waals surface area contributed by atoms with E-state index in [0.29, 0.717) is 29.5 Å². The van der Waals surface area contributed by atoms with E-state index in [1.54, 1.807) is 24.3 Å². The summed E-state index contributed by atoms with van der Waals surface area (Å²) in [5.74, 6) is 1.32. The minimum absolute atomic E-state index is 0.368. The molecule has 0 saturated heterocycles. The molecule has 2 rings (SSSR count). The van der Waals surface area contributed by atoms with Crippen molar-refractivity contribution >= 4 is 17.9 Å². The van der Waals surface area contributed by atoms with Crippen molar-refractivity contribution < 1.29 is 14.3 Å². The summed E-state index contributed by atoms with van der Waals surface area (Å²) in [6.45, 7) is 2.69. The zero-order valence-electron chi connectivity index (χ0n) is 11.1. The largest absolute Gasteiger partial charge is 0.490 e. The van der Waals surface area contributed by atoms with Gasteiger partial charge in [0.1, 0.15) is 24.7 Å². The van der Waals surface area contributed by atoms with Crippen LogP contribution in [0.4, 0.5) is 0 Å². The van der Waals surface area contributed by atoms with Gasteiger partial charge in [-0.3, -0.25) is 4.79 Å². The van der Waals surface area contributed by atoms with Gasteiger partial charge in [0.2, 0.25) is 0 Å². The Morgan fingerprint density at radius 3 is 2.60 bits per heavy atom. The van der Waals surface area contributed by atoms with Crippen molar-refractivity contribution in [3.8, 4) is 11.5 Å². The molecule has 0 aliphatic rings. The van der Waals surface area contributed by atoms with E-state index in [1.807, 2.05) is 25.1 Å². The van der Waals surface area contributed by atoms with Gasteiger partial charge in [0.25, 0.3) is 0 Å². The van der Waals surface area contributed by atoms with E-state index in [2.05, 4.69) is 0 Å². The van der Waals surface area contributed by atoms with Gasteiger partial charge in [-0.05, 0) is 42.8 Å². The number of para-hydroxylation sites is 1. The van der Waals surface area contributed by atoms with Gasteiger partial charge in [0.15, 0.2) is 6.29 Å². The average molecular weight is 291 g/mol. The summed E-state index contributed by atoms with van der Waals surface area (Å²) in [5, 5.41) is 0.716. The van der Waals surface area contributed by atoms with E-state index in [1.165, 1.54) is 0 Å². The van der Waals surface area contributed by atoms with Gasteiger partial charge in [-0.15, -0.1) is 0 Å². The second-order valence-electron chi connectivity index (χ2n) is 4.26. The number of carbonyl (C=O) groups excluding carboxylic acids is 1. The molecule has 0 spiro atoms. The highest BCUT2D eigenvalue weighted by molar-refractivity contribution is 6.31. The molecule has 0 aromatic heterocycles. The van der Waals surface area contributed by atoms with Gasteiger partial charge in [0, 0.05) is 5.02 Å². The van der Waals surface area contributed by atoms with Crippen LogP contribution in [-0.4, -0.2) is 19.5 Å². The molecule has 0 radical (unpaired) electrons. The first-order valence-corrected chi connectivity index (χ1v) is 6.64. The Kier molecular flexibility index (Phi) is 5.02. The number of hydrogen-bond acceptors (Lipinski definition) is 3. The van der Waals surface area contributed by atoms with Crippen LogP contribution >= 0.6 is 11.6 Å². The maximum absolute atomic E-state index is 10.8. The molecule has 0 atom stereocenters. The van der Waals surface area contributed by atoms with E-state index in [9.17, 15) is 4.79 Å². The lowest BCUT2D eigenvalue weighted by atomic mass is 10.2. The highest BCUT2D eigenvalue weighted by Gasteiger charge is 2.02. The van der Waals surface area contributed by atoms with Gasteiger partial charge in [0.05, 0.1) is 5.56 Å². The van der Waals surface area contributed by atoms with E-state index >= 15 is 0 Å². The molecule has 0 aliphatic heterocycles. The lowest BCUT2D eigenvalue weighted by Crippen LogP contribution is -2.10. The predicted octanol–water partition coefficient (Wildman–Crippen LogP) is 3.92. The maximum Gasteiger partial charge on any atom is 0.153 e. The van der Waals surface area contributed by atoms with Crippen molar-refractivity contribution in [2.24, 2.45) is 0 Å². The highest BCUT2D eigenvalue weighted by Crippen LogP contribution is 2.21. The molecule has 0 fully saturated rings. The predicted molar refractivity (Wildman–Crippen MR) is 79.0 cm³/mol. The first kappa shape index (κ1) is 14.4. The second-order valence-corrected chi connectivity index (χ2v) is 4.67. The molecule has 104 valence electrons. The number of aldehydes is 1. The molecular weight excluding hydrogens is 276 g/mol. The van der Waals surface area contributed by atoms with E-state index in [4.69, 9.17) is 21.1 Å². The van der Waals surface area contributed by atoms with Crippen molar-refractivity contribution in [2.45, 2.75) is 6.92 Å². The zero-order valence-corrected chi connectivity index (χ0v) is 11.9. The third-order valence-electron chi connectivity index (χ3n) is 2.79. The Balaban J connectivity index is 1.84. The average Bonchev–Trinajstić information content (AvgIpc) is 2.47. The first-order valence-electron chi connectivity index (χ1n) is 6.26. The van der Waals surface area contributed by atoms with Crippen molar-refractivity contribution in [2.75, 3.05) is 13.2 Å². The number of rotatable bonds is 6.